The fourth-order valence-corrected chi connectivity index (χ4v) is 2.06. The van der Waals surface area contributed by atoms with Crippen molar-refractivity contribution in [2.75, 3.05) is 6.61 Å². The first kappa shape index (κ1) is 13.5. The van der Waals surface area contributed by atoms with Crippen molar-refractivity contribution in [3.63, 3.8) is 0 Å². The number of hydrogen-bond donors (Lipinski definition) is 2. The van der Waals surface area contributed by atoms with Crippen LogP contribution in [-0.4, -0.2) is 22.4 Å². The van der Waals surface area contributed by atoms with Gasteiger partial charge in [0.15, 0.2) is 0 Å². The number of rotatable bonds is 5. The molecule has 1 aromatic heterocycles. The van der Waals surface area contributed by atoms with Crippen LogP contribution < -0.4 is 5.73 Å². The van der Waals surface area contributed by atoms with E-state index in [4.69, 9.17) is 10.6 Å². The summed E-state index contributed by atoms with van der Waals surface area (Å²) in [5, 5.41) is 1.53. The largest absolute Gasteiger partial charge is 0.694 e. The molecule has 2 rings (SSSR count). The van der Waals surface area contributed by atoms with Crippen molar-refractivity contribution < 1.29 is 18.8 Å². The van der Waals surface area contributed by atoms with Crippen molar-refractivity contribution in [2.24, 2.45) is 5.73 Å². The van der Waals surface area contributed by atoms with Crippen molar-refractivity contribution in [3.8, 4) is 0 Å². The molecule has 19 heavy (non-hydrogen) atoms. The summed E-state index contributed by atoms with van der Waals surface area (Å²) in [6.45, 7) is 0.128. The molecule has 0 aliphatic rings. The summed E-state index contributed by atoms with van der Waals surface area (Å²) in [7, 11) is -2.58. The molecular formula is C12H12N2O4P+. The molecule has 0 bridgehead atoms. The molecule has 6 nitrogen and oxygen atoms in total. The van der Waals surface area contributed by atoms with Gasteiger partial charge in [0, 0.05) is 22.6 Å². The summed E-state index contributed by atoms with van der Waals surface area (Å²) in [5.41, 5.74) is 6.36. The minimum Gasteiger partial charge on any atom is -0.364 e. The molecule has 7 heteroatoms. The first-order valence-electron chi connectivity index (χ1n) is 5.54. The highest BCUT2D eigenvalue weighted by Gasteiger charge is 2.12. The van der Waals surface area contributed by atoms with Crippen LogP contribution in [0.1, 0.15) is 16.1 Å². The number of pyridine rings is 1. The van der Waals surface area contributed by atoms with Crippen molar-refractivity contribution >= 4 is 24.9 Å². The molecule has 0 radical (unpaired) electrons. The van der Waals surface area contributed by atoms with Crippen molar-refractivity contribution in [2.45, 2.75) is 6.42 Å². The third kappa shape index (κ3) is 3.32. The average Bonchev–Trinajstić information content (AvgIpc) is 2.37. The highest BCUT2D eigenvalue weighted by Crippen LogP contribution is 2.20. The smallest absolute Gasteiger partial charge is 0.364 e. The summed E-state index contributed by atoms with van der Waals surface area (Å²) >= 11 is 0. The summed E-state index contributed by atoms with van der Waals surface area (Å²) in [4.78, 5) is 23.8. The first-order valence-corrected chi connectivity index (χ1v) is 6.67. The minimum absolute atomic E-state index is 0.128. The molecule has 98 valence electrons. The van der Waals surface area contributed by atoms with Crippen LogP contribution in [0.4, 0.5) is 0 Å². The minimum atomic E-state index is -2.58. The lowest BCUT2D eigenvalue weighted by atomic mass is 10.0. The first-order chi connectivity index (χ1) is 9.08. The topological polar surface area (TPSA) is 103 Å². The molecule has 1 amide bonds. The summed E-state index contributed by atoms with van der Waals surface area (Å²) < 4.78 is 15.0. The molecule has 3 N–H and O–H groups in total. The van der Waals surface area contributed by atoms with Gasteiger partial charge < -0.3 is 5.73 Å². The van der Waals surface area contributed by atoms with Crippen LogP contribution in [0.5, 0.6) is 0 Å². The van der Waals surface area contributed by atoms with Crippen LogP contribution in [0.25, 0.3) is 10.8 Å². The number of carbonyl (C=O) groups excluding carboxylic acids is 1. The standard InChI is InChI=1S/C12H11N2O4P/c13-12(15)11-10-7-8(4-6-18-19(16)17)1-2-9(10)3-5-14-11/h1-3,5,7H,4,6H2,(H2-,13,15,16,17)/p+1. The quantitative estimate of drug-likeness (QED) is 0.808. The van der Waals surface area contributed by atoms with Gasteiger partial charge in [-0.15, -0.1) is 9.42 Å². The Labute approximate surface area is 110 Å². The van der Waals surface area contributed by atoms with Gasteiger partial charge in [0.1, 0.15) is 12.3 Å². The molecule has 0 saturated carbocycles. The van der Waals surface area contributed by atoms with Gasteiger partial charge in [0.25, 0.3) is 5.91 Å². The van der Waals surface area contributed by atoms with E-state index < -0.39 is 14.2 Å². The van der Waals surface area contributed by atoms with E-state index in [1.54, 1.807) is 12.1 Å². The van der Waals surface area contributed by atoms with E-state index >= 15 is 0 Å². The number of benzene rings is 1. The zero-order valence-corrected chi connectivity index (χ0v) is 10.8. The van der Waals surface area contributed by atoms with Crippen LogP contribution in [-0.2, 0) is 15.5 Å². The van der Waals surface area contributed by atoms with Gasteiger partial charge in [-0.05, 0) is 23.1 Å². The van der Waals surface area contributed by atoms with E-state index in [0.29, 0.717) is 11.8 Å². The highest BCUT2D eigenvalue weighted by molar-refractivity contribution is 7.32. The molecule has 1 heterocycles. The molecule has 0 fully saturated rings. The zero-order valence-electron chi connectivity index (χ0n) is 9.94. The van der Waals surface area contributed by atoms with Gasteiger partial charge >= 0.3 is 8.25 Å². The monoisotopic (exact) mass is 279 g/mol. The van der Waals surface area contributed by atoms with E-state index in [1.165, 1.54) is 6.20 Å². The number of nitrogens with zero attached hydrogens (tertiary/aromatic N) is 1. The lowest BCUT2D eigenvalue weighted by molar-refractivity contribution is 0.0997. The number of hydrogen-bond acceptors (Lipinski definition) is 4. The molecule has 1 atom stereocenters. The summed E-state index contributed by atoms with van der Waals surface area (Å²) in [5.74, 6) is -0.586. The van der Waals surface area contributed by atoms with Gasteiger partial charge in [-0.3, -0.25) is 9.78 Å². The normalized spacial score (nSPS) is 11.5. The Balaban J connectivity index is 2.30. The zero-order chi connectivity index (χ0) is 13.8. The Bertz CT molecular complexity index is 645. The van der Waals surface area contributed by atoms with Crippen molar-refractivity contribution in [3.05, 3.63) is 41.7 Å². The molecule has 1 unspecified atom stereocenters. The maximum Gasteiger partial charge on any atom is 0.694 e. The van der Waals surface area contributed by atoms with Crippen LogP contribution in [0, 0.1) is 0 Å². The second kappa shape index (κ2) is 5.84. The SMILES string of the molecule is NC(=O)c1nccc2ccc(CCO[P+](=O)O)cc12. The van der Waals surface area contributed by atoms with E-state index in [-0.39, 0.29) is 12.3 Å². The van der Waals surface area contributed by atoms with Gasteiger partial charge in [-0.2, -0.15) is 0 Å². The Morgan fingerprint density at radius 2 is 2.21 bits per heavy atom. The molecule has 1 aromatic carbocycles. The molecule has 2 aromatic rings. The van der Waals surface area contributed by atoms with E-state index in [1.807, 2.05) is 12.1 Å². The van der Waals surface area contributed by atoms with Gasteiger partial charge in [-0.1, -0.05) is 12.1 Å². The molecule has 0 aliphatic heterocycles. The number of nitrogens with two attached hydrogens (primary N) is 1. The number of carbonyl (C=O) groups is 1. The number of amides is 1. The Hall–Kier alpha value is -1.88. The van der Waals surface area contributed by atoms with Crippen LogP contribution in [0.2, 0.25) is 0 Å². The molecule has 0 spiro atoms. The third-order valence-electron chi connectivity index (χ3n) is 2.66. The Kier molecular flexibility index (Phi) is 4.16. The summed E-state index contributed by atoms with van der Waals surface area (Å²) in [6.07, 6.45) is 1.99. The van der Waals surface area contributed by atoms with Crippen LogP contribution >= 0.6 is 8.25 Å². The number of primary amides is 1. The predicted molar refractivity (Wildman–Crippen MR) is 69.7 cm³/mol. The van der Waals surface area contributed by atoms with Gasteiger partial charge in [-0.25, -0.2) is 0 Å². The van der Waals surface area contributed by atoms with E-state index in [9.17, 15) is 9.36 Å². The molecule has 0 saturated heterocycles. The van der Waals surface area contributed by atoms with Gasteiger partial charge in [0.2, 0.25) is 0 Å². The maximum absolute atomic E-state index is 11.3. The maximum atomic E-state index is 11.3. The fourth-order valence-electron chi connectivity index (χ4n) is 1.81. The highest BCUT2D eigenvalue weighted by atomic mass is 31.1. The second-order valence-corrected chi connectivity index (χ2v) is 4.63. The second-order valence-electron chi connectivity index (χ2n) is 3.90. The van der Waals surface area contributed by atoms with Gasteiger partial charge in [0.05, 0.1) is 0 Å². The lowest BCUT2D eigenvalue weighted by Gasteiger charge is -2.04. The fraction of sp³-hybridized carbons (Fsp3) is 0.167. The van der Waals surface area contributed by atoms with Crippen LogP contribution in [0.3, 0.4) is 0 Å². The molecule has 0 aliphatic carbocycles. The van der Waals surface area contributed by atoms with Crippen molar-refractivity contribution in [1.82, 2.24) is 4.98 Å². The Morgan fingerprint density at radius 1 is 1.42 bits per heavy atom. The van der Waals surface area contributed by atoms with Crippen LogP contribution in [0.15, 0.2) is 30.5 Å². The van der Waals surface area contributed by atoms with E-state index in [2.05, 4.69) is 9.51 Å². The summed E-state index contributed by atoms with van der Waals surface area (Å²) in [6, 6.07) is 7.28. The number of fused-ring (bicyclic) bond motifs is 1. The Morgan fingerprint density at radius 3 is 2.89 bits per heavy atom. The number of aromatic nitrogens is 1. The lowest BCUT2D eigenvalue weighted by Crippen LogP contribution is -2.13. The third-order valence-corrected chi connectivity index (χ3v) is 3.06. The predicted octanol–water partition coefficient (Wildman–Crippen LogP) is 1.54. The average molecular weight is 279 g/mol. The van der Waals surface area contributed by atoms with E-state index in [0.717, 1.165) is 10.9 Å². The van der Waals surface area contributed by atoms with Crippen molar-refractivity contribution in [1.29, 1.82) is 0 Å². The molecular weight excluding hydrogens is 267 g/mol.